The number of amides is 1. The molecule has 9 heteroatoms. The fraction of sp³-hybridized carbons (Fsp3) is 0.231. The van der Waals surface area contributed by atoms with Crippen molar-refractivity contribution in [2.45, 2.75) is 25.7 Å². The van der Waals surface area contributed by atoms with Crippen molar-refractivity contribution in [2.75, 3.05) is 13.1 Å². The minimum Gasteiger partial charge on any atom is -0.465 e. The van der Waals surface area contributed by atoms with Crippen LogP contribution in [-0.2, 0) is 12.8 Å². The molecule has 1 aliphatic heterocycles. The van der Waals surface area contributed by atoms with E-state index < -0.39 is 6.09 Å². The number of carboxylic acid groups (broad SMARTS) is 1. The highest BCUT2D eigenvalue weighted by Crippen LogP contribution is 2.41. The van der Waals surface area contributed by atoms with Crippen LogP contribution in [-0.4, -0.2) is 49.3 Å². The molecule has 2 aliphatic rings. The van der Waals surface area contributed by atoms with Gasteiger partial charge in [0.1, 0.15) is 11.0 Å². The summed E-state index contributed by atoms with van der Waals surface area (Å²) in [5.41, 5.74) is 7.89. The monoisotopic (exact) mass is 487 g/mol. The summed E-state index contributed by atoms with van der Waals surface area (Å²) in [6.45, 7) is 0.932. The minimum absolute atomic E-state index is 0.466. The number of para-hydroxylation sites is 1. The van der Waals surface area contributed by atoms with Gasteiger partial charge in [0.25, 0.3) is 0 Å². The van der Waals surface area contributed by atoms with Crippen LogP contribution in [0.1, 0.15) is 35.2 Å². The predicted octanol–water partition coefficient (Wildman–Crippen LogP) is 5.00. The van der Waals surface area contributed by atoms with Crippen LogP contribution in [0.4, 0.5) is 4.79 Å². The molecule has 3 heterocycles. The average Bonchev–Trinajstić information content (AvgIpc) is 3.19. The molecule has 1 saturated heterocycles. The van der Waals surface area contributed by atoms with Crippen molar-refractivity contribution in [3.63, 3.8) is 0 Å². The molecule has 0 unspecified atom stereocenters. The number of nitrogens with zero attached hydrogens (tertiary/aromatic N) is 5. The van der Waals surface area contributed by atoms with Crippen molar-refractivity contribution >= 4 is 34.3 Å². The van der Waals surface area contributed by atoms with Gasteiger partial charge in [0, 0.05) is 41.5 Å². The van der Waals surface area contributed by atoms with Gasteiger partial charge in [-0.15, -0.1) is 5.10 Å². The van der Waals surface area contributed by atoms with Gasteiger partial charge in [0.15, 0.2) is 5.75 Å². The first-order valence-electron chi connectivity index (χ1n) is 11.5. The van der Waals surface area contributed by atoms with Crippen LogP contribution < -0.4 is 4.84 Å². The third-order valence-electron chi connectivity index (χ3n) is 6.73. The Bertz CT molecular complexity index is 1490. The van der Waals surface area contributed by atoms with Gasteiger partial charge in [-0.1, -0.05) is 40.2 Å². The Morgan fingerprint density at radius 1 is 1.03 bits per heavy atom. The third kappa shape index (κ3) is 3.89. The number of aromatic nitrogens is 4. The standard InChI is InChI=1S/C26H22ClN5O3/c27-18-6-8-19-17(15-18)5-7-20-23(35-32-22-4-2-1-3-21(22)29-30-32)9-12-28-25(20)24(19)16-10-13-31(14-11-16)26(33)34/h1-4,6,8-9,12,15H,5,7,10-11,13-14H2,(H,33,34). The van der Waals surface area contributed by atoms with Crippen LogP contribution in [0.3, 0.4) is 0 Å². The van der Waals surface area contributed by atoms with Gasteiger partial charge in [-0.2, -0.15) is 0 Å². The molecular formula is C26H22ClN5O3. The van der Waals surface area contributed by atoms with Crippen molar-refractivity contribution < 1.29 is 14.7 Å². The highest BCUT2D eigenvalue weighted by atomic mass is 35.5. The summed E-state index contributed by atoms with van der Waals surface area (Å²) in [7, 11) is 0. The van der Waals surface area contributed by atoms with Crippen molar-refractivity contribution in [3.8, 4) is 5.75 Å². The van der Waals surface area contributed by atoms with Gasteiger partial charge in [0.2, 0.25) is 0 Å². The molecule has 1 aliphatic carbocycles. The first kappa shape index (κ1) is 21.6. The molecule has 35 heavy (non-hydrogen) atoms. The van der Waals surface area contributed by atoms with Crippen LogP contribution in [0, 0.1) is 0 Å². The molecule has 176 valence electrons. The van der Waals surface area contributed by atoms with Crippen molar-refractivity contribution in [1.29, 1.82) is 0 Å². The molecule has 2 aromatic carbocycles. The van der Waals surface area contributed by atoms with Gasteiger partial charge < -0.3 is 14.8 Å². The van der Waals surface area contributed by atoms with E-state index in [4.69, 9.17) is 21.4 Å². The molecule has 1 fully saturated rings. The maximum Gasteiger partial charge on any atom is 0.407 e. The Hall–Kier alpha value is -3.91. The maximum absolute atomic E-state index is 11.5. The second-order valence-electron chi connectivity index (χ2n) is 8.73. The summed E-state index contributed by atoms with van der Waals surface area (Å²) < 4.78 is 0. The van der Waals surface area contributed by atoms with E-state index in [0.29, 0.717) is 36.7 Å². The highest BCUT2D eigenvalue weighted by Gasteiger charge is 2.28. The van der Waals surface area contributed by atoms with Gasteiger partial charge in [-0.3, -0.25) is 4.98 Å². The number of benzene rings is 2. The zero-order valence-electron chi connectivity index (χ0n) is 18.8. The number of likely N-dealkylation sites (tertiary alicyclic amines) is 1. The summed E-state index contributed by atoms with van der Waals surface area (Å²) in [4.78, 5) is 25.5. The van der Waals surface area contributed by atoms with E-state index in [2.05, 4.69) is 16.4 Å². The number of halogens is 1. The van der Waals surface area contributed by atoms with Gasteiger partial charge in [-0.05, 0) is 66.3 Å². The SMILES string of the molecule is O=C(O)N1CCC(=C2c3ccc(Cl)cc3CCc3c(On4nnc5ccccc54)ccnc32)CC1. The Morgan fingerprint density at radius 2 is 1.86 bits per heavy atom. The molecule has 6 rings (SSSR count). The van der Waals surface area contributed by atoms with E-state index >= 15 is 0 Å². The van der Waals surface area contributed by atoms with Crippen LogP contribution in [0.15, 0.2) is 60.3 Å². The minimum atomic E-state index is -0.878. The Labute approximate surface area is 206 Å². The second kappa shape index (κ2) is 8.70. The lowest BCUT2D eigenvalue weighted by Gasteiger charge is -2.28. The van der Waals surface area contributed by atoms with Gasteiger partial charge in [0.05, 0.1) is 5.69 Å². The second-order valence-corrected chi connectivity index (χ2v) is 9.16. The van der Waals surface area contributed by atoms with Gasteiger partial charge >= 0.3 is 6.09 Å². The van der Waals surface area contributed by atoms with Crippen molar-refractivity contribution in [3.05, 3.63) is 87.7 Å². The largest absolute Gasteiger partial charge is 0.465 e. The number of rotatable bonds is 2. The molecule has 1 amide bonds. The molecule has 0 spiro atoms. The number of piperidine rings is 1. The molecule has 0 radical (unpaired) electrons. The molecule has 8 nitrogen and oxygen atoms in total. The fourth-order valence-corrected chi connectivity index (χ4v) is 5.20. The quantitative estimate of drug-likeness (QED) is 0.428. The van der Waals surface area contributed by atoms with E-state index in [1.165, 1.54) is 15.3 Å². The number of fused-ring (bicyclic) bond motifs is 3. The molecular weight excluding hydrogens is 466 g/mol. The van der Waals surface area contributed by atoms with Crippen molar-refractivity contribution in [1.82, 2.24) is 25.0 Å². The molecule has 2 aromatic heterocycles. The third-order valence-corrected chi connectivity index (χ3v) is 6.96. The van der Waals surface area contributed by atoms with E-state index in [9.17, 15) is 9.90 Å². The molecule has 1 N–H and O–H groups in total. The van der Waals surface area contributed by atoms with E-state index in [0.717, 1.165) is 51.8 Å². The number of pyridine rings is 1. The lowest BCUT2D eigenvalue weighted by Crippen LogP contribution is -2.35. The summed E-state index contributed by atoms with van der Waals surface area (Å²) >= 11 is 6.36. The fourth-order valence-electron chi connectivity index (χ4n) is 5.00. The molecule has 0 saturated carbocycles. The normalized spacial score (nSPS) is 15.5. The summed E-state index contributed by atoms with van der Waals surface area (Å²) in [5, 5.41) is 18.5. The maximum atomic E-state index is 11.5. The predicted molar refractivity (Wildman–Crippen MR) is 132 cm³/mol. The highest BCUT2D eigenvalue weighted by molar-refractivity contribution is 6.30. The summed E-state index contributed by atoms with van der Waals surface area (Å²) in [6.07, 6.45) is 3.68. The Kier molecular flexibility index (Phi) is 5.37. The molecule has 0 bridgehead atoms. The zero-order valence-corrected chi connectivity index (χ0v) is 19.6. The van der Waals surface area contributed by atoms with Crippen LogP contribution in [0.2, 0.25) is 5.02 Å². The molecule has 0 atom stereocenters. The Balaban J connectivity index is 1.48. The number of hydrogen-bond donors (Lipinski definition) is 1. The van der Waals surface area contributed by atoms with E-state index in [1.807, 2.05) is 42.5 Å². The van der Waals surface area contributed by atoms with Crippen LogP contribution in [0.5, 0.6) is 5.75 Å². The summed E-state index contributed by atoms with van der Waals surface area (Å²) in [6, 6.07) is 15.5. The Morgan fingerprint density at radius 3 is 2.69 bits per heavy atom. The lowest BCUT2D eigenvalue weighted by molar-refractivity contribution is 0.142. The van der Waals surface area contributed by atoms with Crippen molar-refractivity contribution in [2.24, 2.45) is 0 Å². The topological polar surface area (TPSA) is 93.4 Å². The zero-order chi connectivity index (χ0) is 23.9. The van der Waals surface area contributed by atoms with Crippen LogP contribution >= 0.6 is 11.6 Å². The molecule has 4 aromatic rings. The van der Waals surface area contributed by atoms with E-state index in [-0.39, 0.29) is 0 Å². The van der Waals surface area contributed by atoms with Gasteiger partial charge in [-0.25, -0.2) is 4.79 Å². The average molecular weight is 488 g/mol. The number of hydrogen-bond acceptors (Lipinski definition) is 5. The summed E-state index contributed by atoms with van der Waals surface area (Å²) in [5.74, 6) is 0.672. The first-order chi connectivity index (χ1) is 17.1. The van der Waals surface area contributed by atoms with E-state index in [1.54, 1.807) is 6.20 Å². The lowest BCUT2D eigenvalue weighted by atomic mass is 9.88. The number of carbonyl (C=O) groups is 1. The number of aryl methyl sites for hydroxylation is 1. The first-order valence-corrected chi connectivity index (χ1v) is 11.9. The van der Waals surface area contributed by atoms with Crippen LogP contribution in [0.25, 0.3) is 16.6 Å². The smallest absolute Gasteiger partial charge is 0.407 e.